The van der Waals surface area contributed by atoms with Gasteiger partial charge in [0.1, 0.15) is 6.61 Å². The van der Waals surface area contributed by atoms with Crippen LogP contribution in [0.25, 0.3) is 0 Å². The third kappa shape index (κ3) is 2.23. The van der Waals surface area contributed by atoms with Gasteiger partial charge in [-0.05, 0) is 24.6 Å². The Labute approximate surface area is 94.7 Å². The molecule has 2 rings (SSSR count). The molecular formula is C13H13NO2. The molecule has 82 valence electrons. The number of rotatable bonds is 1. The monoisotopic (exact) mass is 215 g/mol. The van der Waals surface area contributed by atoms with E-state index in [9.17, 15) is 4.79 Å². The summed E-state index contributed by atoms with van der Waals surface area (Å²) in [6.07, 6.45) is 1.55. The van der Waals surface area contributed by atoms with Crippen LogP contribution in [0.15, 0.2) is 24.3 Å². The molecule has 16 heavy (non-hydrogen) atoms. The number of hydrogen-bond acceptors (Lipinski definition) is 2. The topological polar surface area (TPSA) is 40.5 Å². The van der Waals surface area contributed by atoms with Crippen LogP contribution in [0, 0.1) is 11.8 Å². The quantitative estimate of drug-likeness (QED) is 0.714. The average Bonchev–Trinajstić information content (AvgIpc) is 2.73. The van der Waals surface area contributed by atoms with Crippen molar-refractivity contribution in [3.05, 3.63) is 29.8 Å². The highest BCUT2D eigenvalue weighted by Gasteiger charge is 2.21. The van der Waals surface area contributed by atoms with E-state index in [2.05, 4.69) is 11.8 Å². The Balaban J connectivity index is 2.25. The summed E-state index contributed by atoms with van der Waals surface area (Å²) in [4.78, 5) is 13.3. The Morgan fingerprint density at radius 1 is 1.44 bits per heavy atom. The molecule has 0 atom stereocenters. The van der Waals surface area contributed by atoms with Crippen molar-refractivity contribution in [2.45, 2.75) is 12.8 Å². The van der Waals surface area contributed by atoms with Crippen molar-refractivity contribution in [2.75, 3.05) is 18.1 Å². The lowest BCUT2D eigenvalue weighted by Crippen LogP contribution is -2.23. The first-order valence-corrected chi connectivity index (χ1v) is 5.31. The lowest BCUT2D eigenvalue weighted by molar-refractivity contribution is -0.117. The van der Waals surface area contributed by atoms with Crippen molar-refractivity contribution in [3.8, 4) is 11.8 Å². The van der Waals surface area contributed by atoms with E-state index in [0.29, 0.717) is 6.42 Å². The molecule has 1 aromatic carbocycles. The van der Waals surface area contributed by atoms with E-state index in [1.165, 1.54) is 0 Å². The van der Waals surface area contributed by atoms with Crippen LogP contribution < -0.4 is 4.90 Å². The number of amides is 1. The van der Waals surface area contributed by atoms with Crippen LogP contribution in [0.2, 0.25) is 0 Å². The highest BCUT2D eigenvalue weighted by molar-refractivity contribution is 5.95. The fourth-order valence-electron chi connectivity index (χ4n) is 1.81. The summed E-state index contributed by atoms with van der Waals surface area (Å²) >= 11 is 0. The predicted octanol–water partition coefficient (Wildman–Crippen LogP) is 1.16. The first-order chi connectivity index (χ1) is 7.81. The second-order valence-corrected chi connectivity index (χ2v) is 3.66. The highest BCUT2D eigenvalue weighted by atomic mass is 16.2. The van der Waals surface area contributed by atoms with Crippen LogP contribution in [0.1, 0.15) is 18.4 Å². The predicted molar refractivity (Wildman–Crippen MR) is 62.0 cm³/mol. The lowest BCUT2D eigenvalue weighted by Gasteiger charge is -2.15. The van der Waals surface area contributed by atoms with Crippen LogP contribution in [0.3, 0.4) is 0 Å². The number of carbonyl (C=O) groups is 1. The molecule has 0 radical (unpaired) electrons. The van der Waals surface area contributed by atoms with Crippen LogP contribution >= 0.6 is 0 Å². The smallest absolute Gasteiger partial charge is 0.227 e. The average molecular weight is 215 g/mol. The Morgan fingerprint density at radius 3 is 3.00 bits per heavy atom. The summed E-state index contributed by atoms with van der Waals surface area (Å²) < 4.78 is 0. The molecule has 3 nitrogen and oxygen atoms in total. The molecule has 0 aliphatic carbocycles. The Morgan fingerprint density at radius 2 is 2.31 bits per heavy atom. The number of anilines is 1. The van der Waals surface area contributed by atoms with Gasteiger partial charge >= 0.3 is 0 Å². The van der Waals surface area contributed by atoms with Crippen molar-refractivity contribution in [1.82, 2.24) is 0 Å². The van der Waals surface area contributed by atoms with E-state index in [4.69, 9.17) is 5.11 Å². The third-order valence-corrected chi connectivity index (χ3v) is 2.54. The van der Waals surface area contributed by atoms with Gasteiger partial charge in [-0.1, -0.05) is 17.9 Å². The zero-order valence-corrected chi connectivity index (χ0v) is 8.94. The van der Waals surface area contributed by atoms with E-state index in [0.717, 1.165) is 24.2 Å². The van der Waals surface area contributed by atoms with Crippen molar-refractivity contribution < 1.29 is 9.90 Å². The zero-order chi connectivity index (χ0) is 11.4. The fraction of sp³-hybridized carbons (Fsp3) is 0.308. The summed E-state index contributed by atoms with van der Waals surface area (Å²) in [7, 11) is 0. The number of aliphatic hydroxyl groups excluding tert-OH is 1. The molecule has 1 aromatic rings. The van der Waals surface area contributed by atoms with Gasteiger partial charge < -0.3 is 10.0 Å². The molecule has 1 fully saturated rings. The molecule has 1 heterocycles. The largest absolute Gasteiger partial charge is 0.384 e. The van der Waals surface area contributed by atoms with Crippen molar-refractivity contribution in [3.63, 3.8) is 0 Å². The van der Waals surface area contributed by atoms with E-state index in [1.807, 2.05) is 24.3 Å². The molecule has 1 aliphatic heterocycles. The molecule has 0 saturated carbocycles. The number of hydrogen-bond donors (Lipinski definition) is 1. The zero-order valence-electron chi connectivity index (χ0n) is 8.94. The van der Waals surface area contributed by atoms with E-state index < -0.39 is 0 Å². The maximum atomic E-state index is 11.5. The SMILES string of the molecule is O=C1CCCN1c1cccc(C#CCO)c1. The Kier molecular flexibility index (Phi) is 3.23. The minimum atomic E-state index is -0.146. The van der Waals surface area contributed by atoms with E-state index >= 15 is 0 Å². The van der Waals surface area contributed by atoms with Gasteiger partial charge in [-0.3, -0.25) is 4.79 Å². The maximum Gasteiger partial charge on any atom is 0.227 e. The van der Waals surface area contributed by atoms with Crippen LogP contribution in [-0.2, 0) is 4.79 Å². The third-order valence-electron chi connectivity index (χ3n) is 2.54. The van der Waals surface area contributed by atoms with Crippen LogP contribution in [-0.4, -0.2) is 24.2 Å². The van der Waals surface area contributed by atoms with Crippen LogP contribution in [0.5, 0.6) is 0 Å². The van der Waals surface area contributed by atoms with E-state index in [1.54, 1.807) is 4.90 Å². The fourth-order valence-corrected chi connectivity index (χ4v) is 1.81. The van der Waals surface area contributed by atoms with E-state index in [-0.39, 0.29) is 12.5 Å². The summed E-state index contributed by atoms with van der Waals surface area (Å²) in [6.45, 7) is 0.641. The highest BCUT2D eigenvalue weighted by Crippen LogP contribution is 2.21. The molecule has 1 amide bonds. The molecule has 0 unspecified atom stereocenters. The Hall–Kier alpha value is -1.79. The molecule has 3 heteroatoms. The maximum absolute atomic E-state index is 11.5. The van der Waals surface area contributed by atoms with Crippen molar-refractivity contribution in [2.24, 2.45) is 0 Å². The van der Waals surface area contributed by atoms with Gasteiger partial charge in [-0.15, -0.1) is 0 Å². The minimum absolute atomic E-state index is 0.146. The van der Waals surface area contributed by atoms with Gasteiger partial charge in [-0.25, -0.2) is 0 Å². The molecule has 0 bridgehead atoms. The standard InChI is InChI=1S/C13H13NO2/c15-9-3-5-11-4-1-6-12(10-11)14-8-2-7-13(14)16/h1,4,6,10,15H,2,7-9H2. The molecule has 0 aromatic heterocycles. The van der Waals surface area contributed by atoms with Gasteiger partial charge in [0.25, 0.3) is 0 Å². The number of benzene rings is 1. The van der Waals surface area contributed by atoms with Gasteiger partial charge in [0, 0.05) is 24.2 Å². The summed E-state index contributed by atoms with van der Waals surface area (Å²) in [5.74, 6) is 5.60. The van der Waals surface area contributed by atoms with Gasteiger partial charge in [0.05, 0.1) is 0 Å². The molecule has 1 N–H and O–H groups in total. The normalized spacial score (nSPS) is 14.8. The first-order valence-electron chi connectivity index (χ1n) is 5.31. The molecule has 1 aliphatic rings. The van der Waals surface area contributed by atoms with Gasteiger partial charge in [0.2, 0.25) is 5.91 Å². The lowest BCUT2D eigenvalue weighted by atomic mass is 10.2. The Bertz CT molecular complexity index is 456. The second-order valence-electron chi connectivity index (χ2n) is 3.66. The molecule has 0 spiro atoms. The molecule has 1 saturated heterocycles. The van der Waals surface area contributed by atoms with Crippen molar-refractivity contribution >= 4 is 11.6 Å². The number of nitrogens with zero attached hydrogens (tertiary/aromatic N) is 1. The van der Waals surface area contributed by atoms with Gasteiger partial charge in [-0.2, -0.15) is 0 Å². The number of carbonyl (C=O) groups excluding carboxylic acids is 1. The first kappa shape index (κ1) is 10.7. The molecular weight excluding hydrogens is 202 g/mol. The summed E-state index contributed by atoms with van der Waals surface area (Å²) in [5, 5.41) is 8.61. The minimum Gasteiger partial charge on any atom is -0.384 e. The van der Waals surface area contributed by atoms with Crippen LogP contribution in [0.4, 0.5) is 5.69 Å². The summed E-state index contributed by atoms with van der Waals surface area (Å²) in [5.41, 5.74) is 1.72. The number of aliphatic hydroxyl groups is 1. The van der Waals surface area contributed by atoms with Crippen molar-refractivity contribution in [1.29, 1.82) is 0 Å². The second kappa shape index (κ2) is 4.82. The summed E-state index contributed by atoms with van der Waals surface area (Å²) in [6, 6.07) is 7.54. The van der Waals surface area contributed by atoms with Gasteiger partial charge in [0.15, 0.2) is 0 Å².